The van der Waals surface area contributed by atoms with E-state index in [1.165, 1.54) is 9.47 Å². The number of nitrogens with zero attached hydrogens (tertiary/aromatic N) is 3. The van der Waals surface area contributed by atoms with Gasteiger partial charge in [0.1, 0.15) is 23.8 Å². The second-order valence-corrected chi connectivity index (χ2v) is 9.49. The Morgan fingerprint density at radius 1 is 1.18 bits per heavy atom. The van der Waals surface area contributed by atoms with Crippen LogP contribution in [0.25, 0.3) is 16.6 Å². The summed E-state index contributed by atoms with van der Waals surface area (Å²) in [6.07, 6.45) is 0.430. The van der Waals surface area contributed by atoms with Gasteiger partial charge in [0.25, 0.3) is 0 Å². The van der Waals surface area contributed by atoms with Gasteiger partial charge in [-0.05, 0) is 25.1 Å². The lowest BCUT2D eigenvalue weighted by Crippen LogP contribution is -2.60. The Balaban J connectivity index is 1.92. The number of rotatable bonds is 7. The topological polar surface area (TPSA) is 144 Å². The lowest BCUT2D eigenvalue weighted by Gasteiger charge is -2.45. The first-order valence-corrected chi connectivity index (χ1v) is 12.4. The van der Waals surface area contributed by atoms with E-state index in [0.717, 1.165) is 31.3 Å². The fourth-order valence-corrected chi connectivity index (χ4v) is 4.84. The number of carbonyl (C=O) groups excluding carboxylic acids is 2. The van der Waals surface area contributed by atoms with Crippen LogP contribution in [0.4, 0.5) is 25.0 Å². The van der Waals surface area contributed by atoms with Crippen LogP contribution in [0.15, 0.2) is 29.2 Å². The van der Waals surface area contributed by atoms with Gasteiger partial charge < -0.3 is 34.7 Å². The van der Waals surface area contributed by atoms with Gasteiger partial charge in [-0.15, -0.1) is 0 Å². The Kier molecular flexibility index (Phi) is 7.87. The highest BCUT2D eigenvalue weighted by atomic mass is 35.5. The van der Waals surface area contributed by atoms with Crippen molar-refractivity contribution in [3.8, 4) is 5.69 Å². The molecule has 1 aliphatic heterocycles. The summed E-state index contributed by atoms with van der Waals surface area (Å²) in [5.74, 6) is -3.98. The highest BCUT2D eigenvalue weighted by Gasteiger charge is 2.36. The van der Waals surface area contributed by atoms with E-state index in [4.69, 9.17) is 26.8 Å². The zero-order chi connectivity index (χ0) is 29.5. The van der Waals surface area contributed by atoms with Crippen molar-refractivity contribution in [1.82, 2.24) is 9.47 Å². The van der Waals surface area contributed by atoms with E-state index in [2.05, 4.69) is 0 Å². The number of halogens is 3. The van der Waals surface area contributed by atoms with Gasteiger partial charge in [0.15, 0.2) is 0 Å². The number of amides is 1. The monoisotopic (exact) mass is 578 g/mol. The molecule has 14 heteroatoms. The van der Waals surface area contributed by atoms with Crippen LogP contribution in [0.2, 0.25) is 5.02 Å². The zero-order valence-corrected chi connectivity index (χ0v) is 22.4. The van der Waals surface area contributed by atoms with Crippen LogP contribution >= 0.6 is 11.6 Å². The highest BCUT2D eigenvalue weighted by Crippen LogP contribution is 2.39. The van der Waals surface area contributed by atoms with E-state index in [1.807, 2.05) is 0 Å². The Labute approximate surface area is 231 Å². The molecule has 40 heavy (non-hydrogen) atoms. The van der Waals surface area contributed by atoms with Gasteiger partial charge in [-0.1, -0.05) is 11.6 Å². The predicted octanol–water partition coefficient (Wildman–Crippen LogP) is 3.54. The minimum Gasteiger partial charge on any atom is -0.477 e. The maximum absolute atomic E-state index is 15.5. The van der Waals surface area contributed by atoms with Crippen molar-refractivity contribution >= 4 is 51.9 Å². The second-order valence-electron chi connectivity index (χ2n) is 9.12. The average molecular weight is 579 g/mol. The van der Waals surface area contributed by atoms with Crippen molar-refractivity contribution in [2.45, 2.75) is 26.5 Å². The number of fused-ring (bicyclic) bond motifs is 1. The van der Waals surface area contributed by atoms with E-state index < -0.39 is 47.3 Å². The molecule has 2 heterocycles. The maximum Gasteiger partial charge on any atom is 0.409 e. The molecule has 1 aliphatic rings. The SMILES string of the molecule is CCOC(=O)N(C)C1CN(c2c(F)cc3c(=O)c(C(=O)O)cn(-c4cc(N)c(F)cc4COC(C)=O)c3c2Cl)C1. The fraction of sp³-hybridized carbons (Fsp3) is 0.308. The Morgan fingerprint density at radius 2 is 1.85 bits per heavy atom. The first-order chi connectivity index (χ1) is 18.8. The van der Waals surface area contributed by atoms with Gasteiger partial charge in [0.2, 0.25) is 5.43 Å². The van der Waals surface area contributed by atoms with Crippen LogP contribution in [-0.2, 0) is 20.9 Å². The minimum atomic E-state index is -1.59. The number of aromatic carboxylic acids is 1. The van der Waals surface area contributed by atoms with E-state index in [9.17, 15) is 28.7 Å². The van der Waals surface area contributed by atoms with Crippen molar-refractivity contribution in [3.05, 3.63) is 62.4 Å². The van der Waals surface area contributed by atoms with Crippen LogP contribution in [0.5, 0.6) is 0 Å². The van der Waals surface area contributed by atoms with E-state index >= 15 is 4.39 Å². The summed E-state index contributed by atoms with van der Waals surface area (Å²) in [4.78, 5) is 51.5. The molecule has 2 aromatic carbocycles. The fourth-order valence-electron chi connectivity index (χ4n) is 4.43. The quantitative estimate of drug-likeness (QED) is 0.318. The number of ether oxygens (including phenoxy) is 2. The normalized spacial score (nSPS) is 13.2. The van der Waals surface area contributed by atoms with Crippen LogP contribution in [0, 0.1) is 11.6 Å². The molecule has 1 aromatic heterocycles. The number of pyridine rings is 1. The molecule has 3 N–H and O–H groups in total. The predicted molar refractivity (Wildman–Crippen MR) is 142 cm³/mol. The molecule has 0 radical (unpaired) electrons. The van der Waals surface area contributed by atoms with Crippen molar-refractivity contribution in [2.24, 2.45) is 0 Å². The second kappa shape index (κ2) is 11.0. The highest BCUT2D eigenvalue weighted by molar-refractivity contribution is 6.38. The number of anilines is 2. The average Bonchev–Trinajstić information content (AvgIpc) is 2.85. The number of carboxylic acids is 1. The largest absolute Gasteiger partial charge is 0.477 e. The molecule has 1 fully saturated rings. The number of hydrogen-bond donors (Lipinski definition) is 2. The smallest absolute Gasteiger partial charge is 0.409 e. The van der Waals surface area contributed by atoms with Gasteiger partial charge in [-0.3, -0.25) is 9.59 Å². The van der Waals surface area contributed by atoms with Gasteiger partial charge in [-0.2, -0.15) is 0 Å². The van der Waals surface area contributed by atoms with Crippen LogP contribution in [0.3, 0.4) is 0 Å². The van der Waals surface area contributed by atoms with E-state index in [1.54, 1.807) is 18.9 Å². The van der Waals surface area contributed by atoms with Crippen LogP contribution in [0.1, 0.15) is 29.8 Å². The lowest BCUT2D eigenvalue weighted by atomic mass is 10.0. The molecule has 1 saturated heterocycles. The number of likely N-dealkylation sites (N-methyl/N-ethyl adjacent to an activating group) is 1. The van der Waals surface area contributed by atoms with Crippen LogP contribution in [-0.4, -0.2) is 65.4 Å². The van der Waals surface area contributed by atoms with Gasteiger partial charge in [0.05, 0.1) is 45.6 Å². The molecule has 0 atom stereocenters. The molecule has 4 rings (SSSR count). The molecule has 0 bridgehead atoms. The maximum atomic E-state index is 15.5. The number of carbonyl (C=O) groups is 3. The molecule has 212 valence electrons. The molecule has 0 saturated carbocycles. The molecular weight excluding hydrogens is 554 g/mol. The molecule has 3 aromatic rings. The number of nitrogen functional groups attached to an aromatic ring is 1. The summed E-state index contributed by atoms with van der Waals surface area (Å²) in [6, 6.07) is 2.73. The number of nitrogens with two attached hydrogens (primary N) is 1. The van der Waals surface area contributed by atoms with Crippen molar-refractivity contribution in [2.75, 3.05) is 37.4 Å². The summed E-state index contributed by atoms with van der Waals surface area (Å²) >= 11 is 6.72. The van der Waals surface area contributed by atoms with Crippen molar-refractivity contribution < 1.29 is 37.7 Å². The Hall–Kier alpha value is -4.39. The molecule has 0 unspecified atom stereocenters. The number of esters is 1. The first kappa shape index (κ1) is 28.6. The third kappa shape index (κ3) is 5.11. The Bertz CT molecular complexity index is 1600. The summed E-state index contributed by atoms with van der Waals surface area (Å²) in [6.45, 7) is 2.97. The summed E-state index contributed by atoms with van der Waals surface area (Å²) in [5, 5.41) is 9.10. The lowest BCUT2D eigenvalue weighted by molar-refractivity contribution is -0.142. The van der Waals surface area contributed by atoms with Crippen molar-refractivity contribution in [1.29, 1.82) is 0 Å². The molecule has 0 aliphatic carbocycles. The standard InChI is InChI=1S/C26H25ClF2N4O7/c1-4-39-26(38)31(3)14-8-32(9-14)23-18(29)6-15-22(21(23)27)33(10-16(24(15)35)25(36)37)20-7-19(30)17(28)5-13(20)11-40-12(2)34/h5-7,10,14H,4,8-9,11,30H2,1-3H3,(H,36,37). The van der Waals surface area contributed by atoms with Gasteiger partial charge >= 0.3 is 18.0 Å². The minimum absolute atomic E-state index is 0.0515. The van der Waals surface area contributed by atoms with Crippen LogP contribution < -0.4 is 16.1 Å². The number of carboxylic acid groups (broad SMARTS) is 1. The summed E-state index contributed by atoms with van der Waals surface area (Å²) < 4.78 is 41.1. The van der Waals surface area contributed by atoms with Crippen molar-refractivity contribution in [3.63, 3.8) is 0 Å². The molecule has 0 spiro atoms. The first-order valence-electron chi connectivity index (χ1n) is 12.0. The summed E-state index contributed by atoms with van der Waals surface area (Å²) in [7, 11) is 1.55. The third-order valence-electron chi connectivity index (χ3n) is 6.56. The molecular formula is C26H25ClF2N4O7. The molecule has 11 nitrogen and oxygen atoms in total. The van der Waals surface area contributed by atoms with E-state index in [-0.39, 0.29) is 64.3 Å². The number of hydrogen-bond acceptors (Lipinski definition) is 8. The number of benzene rings is 2. The third-order valence-corrected chi connectivity index (χ3v) is 6.92. The number of aromatic nitrogens is 1. The van der Waals surface area contributed by atoms with Gasteiger partial charge in [-0.25, -0.2) is 18.4 Å². The Morgan fingerprint density at radius 3 is 2.45 bits per heavy atom. The zero-order valence-electron chi connectivity index (χ0n) is 21.7. The van der Waals surface area contributed by atoms with E-state index in [0.29, 0.717) is 0 Å². The summed E-state index contributed by atoms with van der Waals surface area (Å²) in [5.41, 5.74) is 3.73. The molecule has 1 amide bonds. The van der Waals surface area contributed by atoms with Gasteiger partial charge in [0, 0.05) is 38.8 Å².